The van der Waals surface area contributed by atoms with Crippen molar-refractivity contribution in [3.05, 3.63) is 56.9 Å². The predicted octanol–water partition coefficient (Wildman–Crippen LogP) is 3.36. The Labute approximate surface area is 137 Å². The second-order valence-electron chi connectivity index (χ2n) is 4.61. The number of nitrogens with one attached hydrogen (secondary N) is 1. The molecule has 0 radical (unpaired) electrons. The van der Waals surface area contributed by atoms with Crippen LogP contribution >= 0.6 is 23.2 Å². The van der Waals surface area contributed by atoms with Crippen molar-refractivity contribution in [1.29, 1.82) is 0 Å². The van der Waals surface area contributed by atoms with E-state index in [0.717, 1.165) is 0 Å². The number of methoxy groups -OCH3 is 1. The molecular weight excluding hydrogens is 327 g/mol. The fourth-order valence-electron chi connectivity index (χ4n) is 1.87. The van der Waals surface area contributed by atoms with Crippen molar-refractivity contribution < 1.29 is 9.53 Å². The minimum Gasteiger partial charge on any atom is -0.497 e. The molecule has 1 N–H and O–H groups in total. The molecule has 1 heterocycles. The molecule has 1 unspecified atom stereocenters. The summed E-state index contributed by atoms with van der Waals surface area (Å²) >= 11 is 11.7. The van der Waals surface area contributed by atoms with E-state index in [1.165, 1.54) is 16.8 Å². The van der Waals surface area contributed by atoms with Gasteiger partial charge in [-0.05, 0) is 37.3 Å². The number of benzene rings is 1. The number of pyridine rings is 1. The minimum absolute atomic E-state index is 0.0309. The molecule has 7 heteroatoms. The topological polar surface area (TPSA) is 60.3 Å². The molecule has 22 heavy (non-hydrogen) atoms. The molecule has 0 spiro atoms. The van der Waals surface area contributed by atoms with E-state index in [1.54, 1.807) is 38.3 Å². The zero-order chi connectivity index (χ0) is 16.3. The maximum Gasteiger partial charge on any atom is 0.270 e. The molecule has 1 aromatic heterocycles. The van der Waals surface area contributed by atoms with Crippen LogP contribution in [0, 0.1) is 0 Å². The number of carbonyl (C=O) groups excluding carboxylic acids is 1. The van der Waals surface area contributed by atoms with E-state index in [9.17, 15) is 9.59 Å². The van der Waals surface area contributed by atoms with Crippen molar-refractivity contribution in [3.63, 3.8) is 0 Å². The molecular formula is C15H14Cl2N2O3. The lowest BCUT2D eigenvalue weighted by Gasteiger charge is -2.16. The first kappa shape index (κ1) is 16.4. The third-order valence-corrected chi connectivity index (χ3v) is 3.60. The number of nitrogens with zero attached hydrogens (tertiary/aromatic N) is 1. The smallest absolute Gasteiger partial charge is 0.270 e. The highest BCUT2D eigenvalue weighted by molar-refractivity contribution is 6.34. The number of hydrogen-bond acceptors (Lipinski definition) is 3. The third-order valence-electron chi connectivity index (χ3n) is 3.12. The van der Waals surface area contributed by atoms with Crippen molar-refractivity contribution >= 4 is 34.8 Å². The molecule has 5 nitrogen and oxygen atoms in total. The van der Waals surface area contributed by atoms with Gasteiger partial charge < -0.3 is 14.6 Å². The lowest BCUT2D eigenvalue weighted by molar-refractivity contribution is -0.118. The average Bonchev–Trinajstić information content (AvgIpc) is 2.50. The molecule has 0 fully saturated rings. The van der Waals surface area contributed by atoms with Gasteiger partial charge in [0.25, 0.3) is 5.56 Å². The van der Waals surface area contributed by atoms with Gasteiger partial charge in [-0.25, -0.2) is 0 Å². The number of carbonyl (C=O) groups is 1. The van der Waals surface area contributed by atoms with Gasteiger partial charge in [0.15, 0.2) is 0 Å². The Morgan fingerprint density at radius 3 is 2.50 bits per heavy atom. The molecule has 2 rings (SSSR count). The number of halogens is 2. The van der Waals surface area contributed by atoms with Gasteiger partial charge >= 0.3 is 0 Å². The summed E-state index contributed by atoms with van der Waals surface area (Å²) in [6, 6.07) is 7.45. The van der Waals surface area contributed by atoms with Crippen LogP contribution in [-0.4, -0.2) is 17.6 Å². The monoisotopic (exact) mass is 340 g/mol. The SMILES string of the molecule is COc1ccc(NC(=O)C(C)n2cc(Cl)cc(Cl)c2=O)cc1. The predicted molar refractivity (Wildman–Crippen MR) is 87.1 cm³/mol. The van der Waals surface area contributed by atoms with Gasteiger partial charge in [0.1, 0.15) is 16.8 Å². The Bertz CT molecular complexity index is 741. The summed E-state index contributed by atoms with van der Waals surface area (Å²) in [5, 5.41) is 2.97. The van der Waals surface area contributed by atoms with Gasteiger partial charge in [0, 0.05) is 11.9 Å². The summed E-state index contributed by atoms with van der Waals surface area (Å²) in [4.78, 5) is 24.2. The Kier molecular flexibility index (Phi) is 5.11. The van der Waals surface area contributed by atoms with E-state index in [0.29, 0.717) is 11.4 Å². The van der Waals surface area contributed by atoms with Crippen molar-refractivity contribution in [2.24, 2.45) is 0 Å². The van der Waals surface area contributed by atoms with Crippen LogP contribution in [0.1, 0.15) is 13.0 Å². The van der Waals surface area contributed by atoms with E-state index in [-0.39, 0.29) is 16.0 Å². The Hall–Kier alpha value is -1.98. The van der Waals surface area contributed by atoms with Crippen molar-refractivity contribution in [3.8, 4) is 5.75 Å². The quantitative estimate of drug-likeness (QED) is 0.928. The van der Waals surface area contributed by atoms with Crippen molar-refractivity contribution in [1.82, 2.24) is 4.57 Å². The lowest BCUT2D eigenvalue weighted by Crippen LogP contribution is -2.31. The van der Waals surface area contributed by atoms with Crippen LogP contribution in [0.5, 0.6) is 5.75 Å². The zero-order valence-electron chi connectivity index (χ0n) is 12.0. The fourth-order valence-corrected chi connectivity index (χ4v) is 2.36. The summed E-state index contributed by atoms with van der Waals surface area (Å²) in [7, 11) is 1.56. The summed E-state index contributed by atoms with van der Waals surface area (Å²) in [5.41, 5.74) is 0.127. The highest BCUT2D eigenvalue weighted by Gasteiger charge is 2.18. The van der Waals surface area contributed by atoms with Gasteiger partial charge in [-0.2, -0.15) is 0 Å². The fraction of sp³-hybridized carbons (Fsp3) is 0.200. The van der Waals surface area contributed by atoms with Crippen molar-refractivity contribution in [2.45, 2.75) is 13.0 Å². The Balaban J connectivity index is 2.20. The maximum absolute atomic E-state index is 12.3. The number of ether oxygens (including phenoxy) is 1. The van der Waals surface area contributed by atoms with E-state index >= 15 is 0 Å². The highest BCUT2D eigenvalue weighted by Crippen LogP contribution is 2.18. The van der Waals surface area contributed by atoms with Gasteiger partial charge in [0.2, 0.25) is 5.91 Å². The largest absolute Gasteiger partial charge is 0.497 e. The van der Waals surface area contributed by atoms with Crippen LogP contribution in [0.25, 0.3) is 0 Å². The molecule has 1 amide bonds. The average molecular weight is 341 g/mol. The molecule has 1 aromatic carbocycles. The number of anilines is 1. The maximum atomic E-state index is 12.3. The van der Waals surface area contributed by atoms with Crippen molar-refractivity contribution in [2.75, 3.05) is 12.4 Å². The molecule has 1 atom stereocenters. The number of amides is 1. The van der Waals surface area contributed by atoms with Crippen LogP contribution in [0.3, 0.4) is 0 Å². The molecule has 2 aromatic rings. The normalized spacial score (nSPS) is 11.8. The summed E-state index contributed by atoms with van der Waals surface area (Å²) < 4.78 is 6.24. The molecule has 0 aliphatic rings. The zero-order valence-corrected chi connectivity index (χ0v) is 13.5. The van der Waals surface area contributed by atoms with E-state index < -0.39 is 11.6 Å². The van der Waals surface area contributed by atoms with Gasteiger partial charge in [-0.1, -0.05) is 23.2 Å². The molecule has 0 saturated heterocycles. The highest BCUT2D eigenvalue weighted by atomic mass is 35.5. The van der Waals surface area contributed by atoms with E-state index in [4.69, 9.17) is 27.9 Å². The molecule has 0 bridgehead atoms. The first-order valence-corrected chi connectivity index (χ1v) is 7.20. The summed E-state index contributed by atoms with van der Waals surface area (Å²) in [6.45, 7) is 1.59. The van der Waals surface area contributed by atoms with Gasteiger partial charge in [0.05, 0.1) is 12.1 Å². The lowest BCUT2D eigenvalue weighted by atomic mass is 10.2. The van der Waals surface area contributed by atoms with Crippen LogP contribution in [0.15, 0.2) is 41.3 Å². The van der Waals surface area contributed by atoms with Gasteiger partial charge in [-0.3, -0.25) is 9.59 Å². The number of hydrogen-bond donors (Lipinski definition) is 1. The van der Waals surface area contributed by atoms with Gasteiger partial charge in [-0.15, -0.1) is 0 Å². The van der Waals surface area contributed by atoms with Crippen LogP contribution in [0.2, 0.25) is 10.0 Å². The second kappa shape index (κ2) is 6.85. The molecule has 0 saturated carbocycles. The van der Waals surface area contributed by atoms with E-state index in [1.807, 2.05) is 0 Å². The number of rotatable bonds is 4. The third kappa shape index (κ3) is 3.61. The van der Waals surface area contributed by atoms with Crippen LogP contribution < -0.4 is 15.6 Å². The molecule has 0 aliphatic heterocycles. The first-order valence-electron chi connectivity index (χ1n) is 6.44. The Morgan fingerprint density at radius 2 is 1.91 bits per heavy atom. The molecule has 0 aliphatic carbocycles. The minimum atomic E-state index is -0.759. The van der Waals surface area contributed by atoms with Crippen LogP contribution in [-0.2, 0) is 4.79 Å². The summed E-state index contributed by atoms with van der Waals surface area (Å²) in [5.74, 6) is 0.328. The first-order chi connectivity index (χ1) is 10.4. The standard InChI is InChI=1S/C15H14Cl2N2O3/c1-9(19-8-10(16)7-13(17)15(19)21)14(20)18-11-3-5-12(22-2)6-4-11/h3-9H,1-2H3,(H,18,20). The number of aromatic nitrogens is 1. The summed E-state index contributed by atoms with van der Waals surface area (Å²) in [6.07, 6.45) is 1.38. The van der Waals surface area contributed by atoms with Crippen LogP contribution in [0.4, 0.5) is 5.69 Å². The second-order valence-corrected chi connectivity index (χ2v) is 5.46. The van der Waals surface area contributed by atoms with E-state index in [2.05, 4.69) is 5.32 Å². The Morgan fingerprint density at radius 1 is 1.27 bits per heavy atom. The molecule has 116 valence electrons.